The zero-order valence-electron chi connectivity index (χ0n) is 16.8. The van der Waals surface area contributed by atoms with Crippen molar-refractivity contribution in [1.82, 2.24) is 0 Å². The number of hydrogen-bond acceptors (Lipinski definition) is 4. The first-order chi connectivity index (χ1) is 14.2. The minimum absolute atomic E-state index is 0.0321. The van der Waals surface area contributed by atoms with E-state index in [-0.39, 0.29) is 16.3 Å². The van der Waals surface area contributed by atoms with Crippen LogP contribution in [0.2, 0.25) is 5.02 Å². The van der Waals surface area contributed by atoms with E-state index in [4.69, 9.17) is 44.3 Å². The maximum Gasteiger partial charge on any atom is 0.311 e. The lowest BCUT2D eigenvalue weighted by atomic mass is 9.84. The van der Waals surface area contributed by atoms with Crippen molar-refractivity contribution in [2.24, 2.45) is 17.8 Å². The Morgan fingerprint density at radius 2 is 1.73 bits per heavy atom. The summed E-state index contributed by atoms with van der Waals surface area (Å²) >= 11 is 17.4. The van der Waals surface area contributed by atoms with Crippen molar-refractivity contribution in [2.45, 2.75) is 26.9 Å². The van der Waals surface area contributed by atoms with Crippen LogP contribution < -0.4 is 4.74 Å². The lowest BCUT2D eigenvalue weighted by Crippen LogP contribution is -2.29. The van der Waals surface area contributed by atoms with E-state index >= 15 is 0 Å². The number of carbonyl (C=O) groups is 1. The summed E-state index contributed by atoms with van der Waals surface area (Å²) in [5.74, 6) is -0.158. The number of rotatable bonds is 8. The number of ether oxygens (including phenoxy) is 2. The third-order valence-corrected chi connectivity index (χ3v) is 5.01. The third kappa shape index (κ3) is 6.95. The highest BCUT2D eigenvalue weighted by molar-refractivity contribution is 6.55. The molecule has 2 aromatic carbocycles. The normalized spacial score (nSPS) is 13.7. The SMILES string of the molecule is CC(C)C(C(=O)OC(C#N)c1cccc(Oc2ccc(Cl)cc2)c1)C(C)C=C(Cl)Cl. The Hall–Kier alpha value is -2.19. The molecule has 0 N–H and O–H groups in total. The standard InChI is InChI=1S/C23H22Cl3NO3/c1-14(2)22(15(3)11-21(25)26)23(28)30-20(13-27)16-5-4-6-19(12-16)29-18-9-7-17(24)8-10-18/h4-12,14-15,20,22H,1-3H3. The van der Waals surface area contributed by atoms with Gasteiger partial charge in [-0.05, 0) is 48.2 Å². The molecule has 30 heavy (non-hydrogen) atoms. The second kappa shape index (κ2) is 11.3. The topological polar surface area (TPSA) is 59.3 Å². The number of allylic oxidation sites excluding steroid dienone is 1. The maximum atomic E-state index is 12.8. The van der Waals surface area contributed by atoms with E-state index in [1.165, 1.54) is 0 Å². The molecule has 0 saturated heterocycles. The Kier molecular flexibility index (Phi) is 9.05. The van der Waals surface area contributed by atoms with Crippen LogP contribution in [-0.2, 0) is 9.53 Å². The van der Waals surface area contributed by atoms with Crippen molar-refractivity contribution in [3.63, 3.8) is 0 Å². The summed E-state index contributed by atoms with van der Waals surface area (Å²) in [6, 6.07) is 15.8. The first-order valence-corrected chi connectivity index (χ1v) is 10.5. The van der Waals surface area contributed by atoms with Gasteiger partial charge in [0.15, 0.2) is 0 Å². The average Bonchev–Trinajstić information content (AvgIpc) is 2.67. The summed E-state index contributed by atoms with van der Waals surface area (Å²) in [7, 11) is 0. The van der Waals surface area contributed by atoms with Gasteiger partial charge in [-0.15, -0.1) is 0 Å². The summed E-state index contributed by atoms with van der Waals surface area (Å²) in [6.07, 6.45) is 0.520. The number of nitrogens with zero attached hydrogens (tertiary/aromatic N) is 1. The second-order valence-corrected chi connectivity index (χ2v) is 8.60. The van der Waals surface area contributed by atoms with Gasteiger partial charge in [-0.3, -0.25) is 4.79 Å². The van der Waals surface area contributed by atoms with Crippen molar-refractivity contribution < 1.29 is 14.3 Å². The predicted octanol–water partition coefficient (Wildman–Crippen LogP) is 7.47. The lowest BCUT2D eigenvalue weighted by Gasteiger charge is -2.25. The van der Waals surface area contributed by atoms with Gasteiger partial charge >= 0.3 is 5.97 Å². The smallest absolute Gasteiger partial charge is 0.311 e. The fourth-order valence-electron chi connectivity index (χ4n) is 3.14. The van der Waals surface area contributed by atoms with Gasteiger partial charge in [-0.1, -0.05) is 73.8 Å². The Morgan fingerprint density at radius 3 is 2.30 bits per heavy atom. The van der Waals surface area contributed by atoms with Crippen LogP contribution in [0.3, 0.4) is 0 Å². The fourth-order valence-corrected chi connectivity index (χ4v) is 3.66. The minimum atomic E-state index is -1.07. The molecule has 0 fully saturated rings. The molecule has 0 saturated carbocycles. The van der Waals surface area contributed by atoms with E-state index < -0.39 is 18.0 Å². The molecule has 0 radical (unpaired) electrons. The molecule has 2 aromatic rings. The van der Waals surface area contributed by atoms with E-state index in [2.05, 4.69) is 0 Å². The quantitative estimate of drug-likeness (QED) is 0.379. The van der Waals surface area contributed by atoms with Crippen LogP contribution in [-0.4, -0.2) is 5.97 Å². The number of benzene rings is 2. The average molecular weight is 467 g/mol. The number of nitriles is 1. The summed E-state index contributed by atoms with van der Waals surface area (Å²) in [5.41, 5.74) is 0.512. The second-order valence-electron chi connectivity index (χ2n) is 7.16. The highest BCUT2D eigenvalue weighted by Gasteiger charge is 2.31. The van der Waals surface area contributed by atoms with Crippen LogP contribution >= 0.6 is 34.8 Å². The van der Waals surface area contributed by atoms with Crippen LogP contribution in [0.1, 0.15) is 32.4 Å². The van der Waals surface area contributed by atoms with Gasteiger partial charge in [0.25, 0.3) is 0 Å². The Balaban J connectivity index is 2.18. The highest BCUT2D eigenvalue weighted by Crippen LogP contribution is 2.30. The molecule has 0 aliphatic carbocycles. The minimum Gasteiger partial charge on any atom is -0.457 e. The van der Waals surface area contributed by atoms with Crippen LogP contribution in [0.5, 0.6) is 11.5 Å². The van der Waals surface area contributed by atoms with Crippen molar-refractivity contribution >= 4 is 40.8 Å². The van der Waals surface area contributed by atoms with Gasteiger partial charge in [0.1, 0.15) is 22.1 Å². The van der Waals surface area contributed by atoms with Crippen molar-refractivity contribution in [3.8, 4) is 17.6 Å². The number of esters is 1. The van der Waals surface area contributed by atoms with Crippen molar-refractivity contribution in [2.75, 3.05) is 0 Å². The molecular formula is C23H22Cl3NO3. The van der Waals surface area contributed by atoms with Crippen LogP contribution in [0.4, 0.5) is 0 Å². The molecule has 0 bridgehead atoms. The molecule has 0 spiro atoms. The van der Waals surface area contributed by atoms with Gasteiger partial charge in [-0.25, -0.2) is 0 Å². The molecule has 0 aliphatic heterocycles. The molecular weight excluding hydrogens is 445 g/mol. The van der Waals surface area contributed by atoms with E-state index in [9.17, 15) is 10.1 Å². The summed E-state index contributed by atoms with van der Waals surface area (Å²) in [5, 5.41) is 10.2. The molecule has 2 rings (SSSR count). The lowest BCUT2D eigenvalue weighted by molar-refractivity contribution is -0.154. The molecule has 0 aromatic heterocycles. The zero-order valence-corrected chi connectivity index (χ0v) is 19.1. The van der Waals surface area contributed by atoms with Gasteiger partial charge in [0.2, 0.25) is 6.10 Å². The third-order valence-electron chi connectivity index (χ3n) is 4.51. The highest BCUT2D eigenvalue weighted by atomic mass is 35.5. The molecule has 7 heteroatoms. The zero-order chi connectivity index (χ0) is 22.3. The first kappa shape index (κ1) is 24.1. The molecule has 3 unspecified atom stereocenters. The first-order valence-electron chi connectivity index (χ1n) is 9.37. The summed E-state index contributed by atoms with van der Waals surface area (Å²) in [6.45, 7) is 5.64. The molecule has 0 amide bonds. The summed E-state index contributed by atoms with van der Waals surface area (Å²) < 4.78 is 11.4. The van der Waals surface area contributed by atoms with E-state index in [0.29, 0.717) is 22.1 Å². The molecule has 0 heterocycles. The predicted molar refractivity (Wildman–Crippen MR) is 120 cm³/mol. The Bertz CT molecular complexity index is 931. The Labute approximate surface area is 192 Å². The fraction of sp³-hybridized carbons (Fsp3) is 0.304. The van der Waals surface area contributed by atoms with E-state index in [0.717, 1.165) is 0 Å². The number of hydrogen-bond donors (Lipinski definition) is 0. The largest absolute Gasteiger partial charge is 0.457 e. The van der Waals surface area contributed by atoms with Crippen molar-refractivity contribution in [3.05, 3.63) is 69.7 Å². The Morgan fingerprint density at radius 1 is 1.07 bits per heavy atom. The van der Waals surface area contributed by atoms with Gasteiger partial charge in [0.05, 0.1) is 5.92 Å². The number of halogens is 3. The number of carbonyl (C=O) groups excluding carboxylic acids is 1. The van der Waals surface area contributed by atoms with Crippen LogP contribution in [0, 0.1) is 29.1 Å². The van der Waals surface area contributed by atoms with E-state index in [1.54, 1.807) is 54.6 Å². The van der Waals surface area contributed by atoms with Crippen LogP contribution in [0.15, 0.2) is 59.1 Å². The monoisotopic (exact) mass is 465 g/mol. The molecule has 4 nitrogen and oxygen atoms in total. The summed E-state index contributed by atoms with van der Waals surface area (Å²) in [4.78, 5) is 12.8. The molecule has 0 aliphatic rings. The van der Waals surface area contributed by atoms with Crippen molar-refractivity contribution in [1.29, 1.82) is 5.26 Å². The van der Waals surface area contributed by atoms with Gasteiger partial charge in [0, 0.05) is 10.6 Å². The van der Waals surface area contributed by atoms with E-state index in [1.807, 2.05) is 26.8 Å². The van der Waals surface area contributed by atoms with Gasteiger partial charge < -0.3 is 9.47 Å². The maximum absolute atomic E-state index is 12.8. The van der Waals surface area contributed by atoms with Crippen LogP contribution in [0.25, 0.3) is 0 Å². The molecule has 3 atom stereocenters. The molecule has 158 valence electrons. The van der Waals surface area contributed by atoms with Gasteiger partial charge in [-0.2, -0.15) is 5.26 Å².